The Morgan fingerprint density at radius 2 is 1.43 bits per heavy atom. The van der Waals surface area contributed by atoms with Crippen LogP contribution in [0, 0.1) is 0 Å². The highest BCUT2D eigenvalue weighted by Crippen LogP contribution is 2.33. The molecule has 4 N–H and O–H groups in total. The molecule has 7 heteroatoms. The lowest BCUT2D eigenvalue weighted by Gasteiger charge is -2.28. The van der Waals surface area contributed by atoms with Crippen LogP contribution in [0.5, 0.6) is 0 Å². The van der Waals surface area contributed by atoms with Crippen LogP contribution < -0.4 is 16.0 Å². The summed E-state index contributed by atoms with van der Waals surface area (Å²) in [7, 11) is 0. The molecule has 0 radical (unpaired) electrons. The number of hydrogen-bond acceptors (Lipinski definition) is 3. The van der Waals surface area contributed by atoms with E-state index in [2.05, 4.69) is 16.0 Å². The Balaban J connectivity index is 1.59. The minimum atomic E-state index is -0.911. The van der Waals surface area contributed by atoms with E-state index in [1.807, 2.05) is 18.2 Å². The molecule has 7 nitrogen and oxygen atoms in total. The number of para-hydroxylation sites is 1. The number of benzene rings is 2. The van der Waals surface area contributed by atoms with E-state index in [4.69, 9.17) is 5.11 Å². The molecule has 3 amide bonds. The van der Waals surface area contributed by atoms with Crippen LogP contribution in [0.3, 0.4) is 0 Å². The molecule has 2 aromatic rings. The zero-order valence-electron chi connectivity index (χ0n) is 15.4. The first-order valence-electron chi connectivity index (χ1n) is 9.23. The third-order valence-electron chi connectivity index (χ3n) is 4.87. The Bertz CT molecular complexity index is 844. The van der Waals surface area contributed by atoms with Crippen molar-refractivity contribution in [2.75, 3.05) is 10.6 Å². The van der Waals surface area contributed by atoms with Crippen LogP contribution >= 0.6 is 0 Å². The average Bonchev–Trinajstić information content (AvgIpc) is 3.10. The first kappa shape index (κ1) is 19.4. The predicted octanol–water partition coefficient (Wildman–Crippen LogP) is 3.85. The van der Waals surface area contributed by atoms with Crippen molar-refractivity contribution in [3.8, 4) is 0 Å². The van der Waals surface area contributed by atoms with Gasteiger partial charge in [-0.25, -0.2) is 4.79 Å². The molecule has 0 aromatic heterocycles. The lowest BCUT2D eigenvalue weighted by Crippen LogP contribution is -2.47. The highest BCUT2D eigenvalue weighted by atomic mass is 16.4. The number of carboxylic acids is 1. The number of urea groups is 1. The predicted molar refractivity (Wildman–Crippen MR) is 106 cm³/mol. The minimum absolute atomic E-state index is 0.0714. The molecule has 0 atom stereocenters. The van der Waals surface area contributed by atoms with Gasteiger partial charge in [0, 0.05) is 16.9 Å². The summed E-state index contributed by atoms with van der Waals surface area (Å²) in [6.45, 7) is 0. The van der Waals surface area contributed by atoms with Crippen LogP contribution in [0.15, 0.2) is 54.6 Å². The summed E-state index contributed by atoms with van der Waals surface area (Å²) in [4.78, 5) is 35.7. The Hall–Kier alpha value is -3.35. The number of amides is 3. The molecule has 0 unspecified atom stereocenters. The van der Waals surface area contributed by atoms with Crippen molar-refractivity contribution in [3.63, 3.8) is 0 Å². The van der Waals surface area contributed by atoms with Gasteiger partial charge >= 0.3 is 12.0 Å². The second-order valence-corrected chi connectivity index (χ2v) is 7.03. The Morgan fingerprint density at radius 1 is 0.857 bits per heavy atom. The van der Waals surface area contributed by atoms with Crippen LogP contribution in [0.1, 0.15) is 42.5 Å². The molecule has 0 bridgehead atoms. The van der Waals surface area contributed by atoms with E-state index in [0.29, 0.717) is 29.8 Å². The molecule has 28 heavy (non-hydrogen) atoms. The minimum Gasteiger partial charge on any atom is -0.481 e. The van der Waals surface area contributed by atoms with Crippen molar-refractivity contribution >= 4 is 29.3 Å². The molecule has 0 spiro atoms. The summed E-state index contributed by atoms with van der Waals surface area (Å²) in [5.74, 6) is -1.21. The number of nitrogens with one attached hydrogen (secondary N) is 3. The van der Waals surface area contributed by atoms with E-state index < -0.39 is 11.5 Å². The first-order valence-corrected chi connectivity index (χ1v) is 9.23. The third kappa shape index (κ3) is 5.09. The van der Waals surface area contributed by atoms with Crippen molar-refractivity contribution in [3.05, 3.63) is 60.2 Å². The number of carbonyl (C=O) groups is 3. The normalized spacial score (nSPS) is 14.9. The third-order valence-corrected chi connectivity index (χ3v) is 4.87. The molecule has 1 saturated carbocycles. The lowest BCUT2D eigenvalue weighted by molar-refractivity contribution is -0.138. The van der Waals surface area contributed by atoms with E-state index in [0.717, 1.165) is 12.8 Å². The maximum absolute atomic E-state index is 12.6. The largest absolute Gasteiger partial charge is 0.481 e. The summed E-state index contributed by atoms with van der Waals surface area (Å²) >= 11 is 0. The smallest absolute Gasteiger partial charge is 0.323 e. The van der Waals surface area contributed by atoms with Gasteiger partial charge in [0.05, 0.1) is 12.0 Å². The molecule has 1 aliphatic rings. The summed E-state index contributed by atoms with van der Waals surface area (Å²) in [6.07, 6.45) is 3.09. The SMILES string of the molecule is O=C(O)CC1(NC(=O)c2ccc(NC(=O)Nc3ccccc3)cc2)CCCC1. The van der Waals surface area contributed by atoms with Gasteiger partial charge in [0.15, 0.2) is 0 Å². The highest BCUT2D eigenvalue weighted by molar-refractivity contribution is 6.00. The number of hydrogen-bond donors (Lipinski definition) is 4. The van der Waals surface area contributed by atoms with Gasteiger partial charge in [0.2, 0.25) is 0 Å². The number of anilines is 2. The zero-order chi connectivity index (χ0) is 20.0. The van der Waals surface area contributed by atoms with Gasteiger partial charge in [0.1, 0.15) is 0 Å². The van der Waals surface area contributed by atoms with E-state index >= 15 is 0 Å². The van der Waals surface area contributed by atoms with Gasteiger partial charge < -0.3 is 21.1 Å². The number of carboxylic acid groups (broad SMARTS) is 1. The number of aliphatic carboxylic acids is 1. The molecular formula is C21H23N3O4. The van der Waals surface area contributed by atoms with E-state index in [-0.39, 0.29) is 18.4 Å². The summed E-state index contributed by atoms with van der Waals surface area (Å²) < 4.78 is 0. The maximum atomic E-state index is 12.6. The van der Waals surface area contributed by atoms with Crippen LogP contribution in [-0.2, 0) is 4.79 Å². The van der Waals surface area contributed by atoms with Crippen molar-refractivity contribution in [2.24, 2.45) is 0 Å². The second kappa shape index (κ2) is 8.56. The summed E-state index contributed by atoms with van der Waals surface area (Å²) in [6, 6.07) is 15.2. The average molecular weight is 381 g/mol. The van der Waals surface area contributed by atoms with Gasteiger partial charge in [-0.3, -0.25) is 9.59 Å². The van der Waals surface area contributed by atoms with E-state index in [1.165, 1.54) is 0 Å². The first-order chi connectivity index (χ1) is 13.5. The summed E-state index contributed by atoms with van der Waals surface area (Å²) in [5, 5.41) is 17.5. The van der Waals surface area contributed by atoms with Gasteiger partial charge in [-0.1, -0.05) is 31.0 Å². The number of rotatable bonds is 6. The molecule has 0 saturated heterocycles. The molecule has 146 valence electrons. The van der Waals surface area contributed by atoms with Crippen molar-refractivity contribution in [1.29, 1.82) is 0 Å². The standard InChI is InChI=1S/C21H23N3O4/c25-18(26)14-21(12-4-5-13-21)24-19(27)15-8-10-17(11-9-15)23-20(28)22-16-6-2-1-3-7-16/h1-3,6-11H,4-5,12-14H2,(H,24,27)(H,25,26)(H2,22,23,28). The Labute approximate surface area is 163 Å². The fourth-order valence-corrected chi connectivity index (χ4v) is 3.52. The maximum Gasteiger partial charge on any atom is 0.323 e. The van der Waals surface area contributed by atoms with E-state index in [9.17, 15) is 14.4 Å². The van der Waals surface area contributed by atoms with Gasteiger partial charge in [0.25, 0.3) is 5.91 Å². The Kier molecular flexibility index (Phi) is 5.93. The second-order valence-electron chi connectivity index (χ2n) is 7.03. The van der Waals surface area contributed by atoms with Crippen LogP contribution in [0.4, 0.5) is 16.2 Å². The van der Waals surface area contributed by atoms with Crippen LogP contribution in [-0.4, -0.2) is 28.6 Å². The molecule has 0 aliphatic heterocycles. The van der Waals surface area contributed by atoms with E-state index in [1.54, 1.807) is 36.4 Å². The molecule has 2 aromatic carbocycles. The monoisotopic (exact) mass is 381 g/mol. The zero-order valence-corrected chi connectivity index (χ0v) is 15.4. The van der Waals surface area contributed by atoms with Gasteiger partial charge in [-0.05, 0) is 49.2 Å². The lowest BCUT2D eigenvalue weighted by atomic mass is 9.92. The van der Waals surface area contributed by atoms with Gasteiger partial charge in [-0.15, -0.1) is 0 Å². The van der Waals surface area contributed by atoms with Gasteiger partial charge in [-0.2, -0.15) is 0 Å². The van der Waals surface area contributed by atoms with Crippen LogP contribution in [0.2, 0.25) is 0 Å². The quantitative estimate of drug-likeness (QED) is 0.609. The molecule has 3 rings (SSSR count). The van der Waals surface area contributed by atoms with Crippen LogP contribution in [0.25, 0.3) is 0 Å². The molecule has 1 aliphatic carbocycles. The molecule has 0 heterocycles. The van der Waals surface area contributed by atoms with Crippen molar-refractivity contribution < 1.29 is 19.5 Å². The fraction of sp³-hybridized carbons (Fsp3) is 0.286. The topological polar surface area (TPSA) is 108 Å². The van der Waals surface area contributed by atoms with Crippen molar-refractivity contribution in [2.45, 2.75) is 37.6 Å². The highest BCUT2D eigenvalue weighted by Gasteiger charge is 2.37. The fourth-order valence-electron chi connectivity index (χ4n) is 3.52. The summed E-state index contributed by atoms with van der Waals surface area (Å²) in [5.41, 5.74) is 0.975. The molecule has 1 fully saturated rings. The molecular weight excluding hydrogens is 358 g/mol. The van der Waals surface area contributed by atoms with Crippen molar-refractivity contribution in [1.82, 2.24) is 5.32 Å². The Morgan fingerprint density at radius 3 is 2.00 bits per heavy atom. The number of carbonyl (C=O) groups excluding carboxylic acids is 2.